The van der Waals surface area contributed by atoms with Crippen LogP contribution in [0, 0.1) is 6.92 Å². The lowest BCUT2D eigenvalue weighted by Gasteiger charge is -2.22. The van der Waals surface area contributed by atoms with Gasteiger partial charge in [-0.15, -0.1) is 12.4 Å². The van der Waals surface area contributed by atoms with Crippen molar-refractivity contribution in [1.82, 2.24) is 10.6 Å². The van der Waals surface area contributed by atoms with Crippen molar-refractivity contribution >= 4 is 24.2 Å². The van der Waals surface area contributed by atoms with Gasteiger partial charge >= 0.3 is 0 Å². The monoisotopic (exact) mass is 401 g/mol. The summed E-state index contributed by atoms with van der Waals surface area (Å²) in [4.78, 5) is 24.7. The Morgan fingerprint density at radius 1 is 0.964 bits per heavy atom. The molecule has 0 heterocycles. The van der Waals surface area contributed by atoms with Crippen molar-refractivity contribution in [3.05, 3.63) is 70.8 Å². The lowest BCUT2D eigenvalue weighted by molar-refractivity contribution is -0.126. The summed E-state index contributed by atoms with van der Waals surface area (Å²) >= 11 is 0. The Labute approximate surface area is 172 Å². The third-order valence-electron chi connectivity index (χ3n) is 5.16. The molecule has 150 valence electrons. The standard InChI is InChI=1S/C22H27N3O2.ClH/c1-16-7-9-17(10-8-16)14-24-20(26)19-6-4-5-18(13-19)15-25-21(27)22(23)11-2-3-12-22;/h4-10,13H,2-3,11-12,14-15,23H2,1H3,(H,24,26)(H,25,27);1H. The third-order valence-corrected chi connectivity index (χ3v) is 5.16. The molecule has 0 saturated heterocycles. The van der Waals surface area contributed by atoms with Gasteiger partial charge in [-0.1, -0.05) is 54.8 Å². The van der Waals surface area contributed by atoms with E-state index in [-0.39, 0.29) is 24.2 Å². The van der Waals surface area contributed by atoms with Gasteiger partial charge in [0.05, 0.1) is 5.54 Å². The zero-order chi connectivity index (χ0) is 19.3. The van der Waals surface area contributed by atoms with Crippen LogP contribution in [-0.4, -0.2) is 17.4 Å². The fourth-order valence-corrected chi connectivity index (χ4v) is 3.40. The maximum Gasteiger partial charge on any atom is 0.251 e. The molecule has 0 bridgehead atoms. The van der Waals surface area contributed by atoms with Crippen molar-refractivity contribution in [1.29, 1.82) is 0 Å². The maximum absolute atomic E-state index is 12.4. The van der Waals surface area contributed by atoms with E-state index in [1.54, 1.807) is 6.07 Å². The van der Waals surface area contributed by atoms with Gasteiger partial charge in [0.25, 0.3) is 5.91 Å². The molecule has 1 saturated carbocycles. The number of benzene rings is 2. The highest BCUT2D eigenvalue weighted by Crippen LogP contribution is 2.27. The summed E-state index contributed by atoms with van der Waals surface area (Å²) in [7, 11) is 0. The zero-order valence-electron chi connectivity index (χ0n) is 16.2. The van der Waals surface area contributed by atoms with E-state index in [2.05, 4.69) is 10.6 Å². The average Bonchev–Trinajstić information content (AvgIpc) is 3.13. The second-order valence-electron chi connectivity index (χ2n) is 7.41. The number of nitrogens with two attached hydrogens (primary N) is 1. The Morgan fingerprint density at radius 2 is 1.61 bits per heavy atom. The predicted octanol–water partition coefficient (Wildman–Crippen LogP) is 3.23. The molecule has 0 aromatic heterocycles. The molecule has 6 heteroatoms. The highest BCUT2D eigenvalue weighted by molar-refractivity contribution is 5.94. The van der Waals surface area contributed by atoms with Gasteiger partial charge in [-0.05, 0) is 43.0 Å². The van der Waals surface area contributed by atoms with Crippen LogP contribution in [0.15, 0.2) is 48.5 Å². The molecule has 1 fully saturated rings. The number of amides is 2. The normalized spacial score (nSPS) is 14.8. The van der Waals surface area contributed by atoms with E-state index in [9.17, 15) is 9.59 Å². The molecule has 5 nitrogen and oxygen atoms in total. The van der Waals surface area contributed by atoms with Crippen LogP contribution in [0.2, 0.25) is 0 Å². The molecule has 0 spiro atoms. The number of nitrogens with one attached hydrogen (secondary N) is 2. The Balaban J connectivity index is 0.00000280. The first-order chi connectivity index (χ1) is 13.0. The summed E-state index contributed by atoms with van der Waals surface area (Å²) < 4.78 is 0. The molecule has 2 amide bonds. The van der Waals surface area contributed by atoms with Crippen molar-refractivity contribution in [2.45, 2.75) is 51.2 Å². The van der Waals surface area contributed by atoms with E-state index in [0.29, 0.717) is 18.7 Å². The first kappa shape index (κ1) is 21.9. The molecule has 0 radical (unpaired) electrons. The Bertz CT molecular complexity index is 815. The first-order valence-electron chi connectivity index (χ1n) is 9.46. The van der Waals surface area contributed by atoms with Crippen LogP contribution < -0.4 is 16.4 Å². The topological polar surface area (TPSA) is 84.2 Å². The number of hydrogen-bond acceptors (Lipinski definition) is 3. The van der Waals surface area contributed by atoms with Crippen molar-refractivity contribution < 1.29 is 9.59 Å². The van der Waals surface area contributed by atoms with E-state index < -0.39 is 5.54 Å². The first-order valence-corrected chi connectivity index (χ1v) is 9.46. The second kappa shape index (κ2) is 9.71. The molecule has 1 aliphatic rings. The molecule has 2 aromatic carbocycles. The molecule has 4 N–H and O–H groups in total. The van der Waals surface area contributed by atoms with Gasteiger partial charge in [-0.25, -0.2) is 0 Å². The molecule has 2 aromatic rings. The van der Waals surface area contributed by atoms with Gasteiger partial charge < -0.3 is 16.4 Å². The van der Waals surface area contributed by atoms with Crippen LogP contribution in [0.25, 0.3) is 0 Å². The average molecular weight is 402 g/mol. The minimum atomic E-state index is -0.733. The summed E-state index contributed by atoms with van der Waals surface area (Å²) in [6, 6.07) is 15.4. The van der Waals surface area contributed by atoms with Crippen LogP contribution in [0.4, 0.5) is 0 Å². The Hall–Kier alpha value is -2.37. The number of rotatable bonds is 6. The summed E-state index contributed by atoms with van der Waals surface area (Å²) in [5.41, 5.74) is 9.15. The van der Waals surface area contributed by atoms with Crippen molar-refractivity contribution in [2.24, 2.45) is 5.73 Å². The van der Waals surface area contributed by atoms with Gasteiger partial charge in [-0.2, -0.15) is 0 Å². The lowest BCUT2D eigenvalue weighted by atomic mass is 9.98. The summed E-state index contributed by atoms with van der Waals surface area (Å²) in [5.74, 6) is -0.232. The van der Waals surface area contributed by atoms with E-state index in [0.717, 1.165) is 36.8 Å². The van der Waals surface area contributed by atoms with Crippen molar-refractivity contribution in [3.8, 4) is 0 Å². The van der Waals surface area contributed by atoms with Gasteiger partial charge in [0, 0.05) is 18.7 Å². The van der Waals surface area contributed by atoms with Gasteiger partial charge in [0.15, 0.2) is 0 Å². The van der Waals surface area contributed by atoms with Gasteiger partial charge in [0.2, 0.25) is 5.91 Å². The highest BCUT2D eigenvalue weighted by atomic mass is 35.5. The van der Waals surface area contributed by atoms with Gasteiger partial charge in [0.1, 0.15) is 0 Å². The largest absolute Gasteiger partial charge is 0.350 e. The molecule has 0 aliphatic heterocycles. The predicted molar refractivity (Wildman–Crippen MR) is 113 cm³/mol. The fraction of sp³-hybridized carbons (Fsp3) is 0.364. The summed E-state index contributed by atoms with van der Waals surface area (Å²) in [6.07, 6.45) is 3.47. The number of aryl methyl sites for hydroxylation is 1. The molecule has 1 aliphatic carbocycles. The van der Waals surface area contributed by atoms with E-state index in [1.807, 2.05) is 49.4 Å². The molecular weight excluding hydrogens is 374 g/mol. The van der Waals surface area contributed by atoms with E-state index in [4.69, 9.17) is 5.73 Å². The minimum Gasteiger partial charge on any atom is -0.350 e. The van der Waals surface area contributed by atoms with Crippen molar-refractivity contribution in [3.63, 3.8) is 0 Å². The number of halogens is 1. The Kier molecular flexibility index (Phi) is 7.61. The third kappa shape index (κ3) is 5.57. The molecule has 0 atom stereocenters. The minimum absolute atomic E-state index is 0. The molecule has 0 unspecified atom stereocenters. The van der Waals surface area contributed by atoms with Gasteiger partial charge in [-0.3, -0.25) is 9.59 Å². The number of hydrogen-bond donors (Lipinski definition) is 3. The van der Waals surface area contributed by atoms with E-state index >= 15 is 0 Å². The van der Waals surface area contributed by atoms with E-state index in [1.165, 1.54) is 5.56 Å². The van der Waals surface area contributed by atoms with Crippen LogP contribution in [-0.2, 0) is 17.9 Å². The smallest absolute Gasteiger partial charge is 0.251 e. The SMILES string of the molecule is Cc1ccc(CNC(=O)c2cccc(CNC(=O)C3(N)CCCC3)c2)cc1.Cl. The number of carbonyl (C=O) groups is 2. The molecule has 3 rings (SSSR count). The quantitative estimate of drug-likeness (QED) is 0.694. The zero-order valence-corrected chi connectivity index (χ0v) is 17.0. The van der Waals surface area contributed by atoms with Crippen molar-refractivity contribution in [2.75, 3.05) is 0 Å². The van der Waals surface area contributed by atoms with Crippen LogP contribution in [0.1, 0.15) is 52.7 Å². The fourth-order valence-electron chi connectivity index (χ4n) is 3.40. The Morgan fingerprint density at radius 3 is 2.29 bits per heavy atom. The summed E-state index contributed by atoms with van der Waals surface area (Å²) in [6.45, 7) is 2.89. The van der Waals surface area contributed by atoms with Crippen LogP contribution in [0.3, 0.4) is 0 Å². The molecule has 28 heavy (non-hydrogen) atoms. The van der Waals surface area contributed by atoms with Crippen LogP contribution >= 0.6 is 12.4 Å². The lowest BCUT2D eigenvalue weighted by Crippen LogP contribution is -2.51. The number of carbonyl (C=O) groups excluding carboxylic acids is 2. The summed E-state index contributed by atoms with van der Waals surface area (Å²) in [5, 5.41) is 5.85. The highest BCUT2D eigenvalue weighted by Gasteiger charge is 2.36. The maximum atomic E-state index is 12.4. The molecular formula is C22H28ClN3O2. The van der Waals surface area contributed by atoms with Crippen LogP contribution in [0.5, 0.6) is 0 Å². The second-order valence-corrected chi connectivity index (χ2v) is 7.41.